The Morgan fingerprint density at radius 1 is 0.432 bits per heavy atom. The fourth-order valence-corrected chi connectivity index (χ4v) is 11.3. The molecule has 4 aliphatic rings. The van der Waals surface area contributed by atoms with Gasteiger partial charge < -0.3 is 76.4 Å². The standard InChI is InChI=1S/C21H17ClO6.2C14H14O5.C14H12O3.C9H6O3/c1-21(2)19(24)18(27-20(25)12-5-3-4-6-13(12)22)16-14(28-21)9-7-11-8-10-15(23)26-17(11)16;2*1-14(2)13(17)11(16)10-8(19-14)5-3-7-4-6-9(15)18-12(7)10;1-14(2)8-7-10-11(17-14)5-3-9-4-6-12(15)16-13(9)10;10-7-3-1-6-2-4-9(11)12-8(6)5-7/h3-10,18-19,24H,1-2H3;2*3-6,11,13,16-17H,1-2H3;3-8H,1-2H3;1-5,10H. The van der Waals surface area contributed by atoms with Gasteiger partial charge in [0.1, 0.15) is 110 Å². The molecule has 15 rings (SSSR count). The van der Waals surface area contributed by atoms with Gasteiger partial charge in [0.2, 0.25) is 0 Å². The zero-order chi connectivity index (χ0) is 68.2. The summed E-state index contributed by atoms with van der Waals surface area (Å²) in [6.45, 7) is 14.1. The molecule has 4 aliphatic heterocycles. The normalized spacial score (nSPS) is 20.2. The van der Waals surface area contributed by atoms with Crippen molar-refractivity contribution >= 4 is 78.5 Å². The number of hydrogen-bond donors (Lipinski definition) is 6. The van der Waals surface area contributed by atoms with E-state index in [0.29, 0.717) is 61.3 Å². The Balaban J connectivity index is 0.000000124. The predicted molar refractivity (Wildman–Crippen MR) is 349 cm³/mol. The molecule has 0 saturated heterocycles. The summed E-state index contributed by atoms with van der Waals surface area (Å²) in [5.41, 5.74) is -1.84. The maximum atomic E-state index is 12.8. The highest BCUT2D eigenvalue weighted by molar-refractivity contribution is 6.33. The fourth-order valence-electron chi connectivity index (χ4n) is 11.1. The van der Waals surface area contributed by atoms with E-state index < -0.39 is 81.9 Å². The topological polar surface area (TPSA) is 336 Å². The van der Waals surface area contributed by atoms with Crippen LogP contribution >= 0.6 is 11.6 Å². The van der Waals surface area contributed by atoms with Gasteiger partial charge in [-0.25, -0.2) is 28.8 Å². The first-order valence-corrected chi connectivity index (χ1v) is 30.1. The Labute approximate surface area is 543 Å². The van der Waals surface area contributed by atoms with Gasteiger partial charge in [-0.3, -0.25) is 0 Å². The molecule has 5 aromatic heterocycles. The van der Waals surface area contributed by atoms with Crippen molar-refractivity contribution in [3.05, 3.63) is 243 Å². The number of aromatic hydroxyl groups is 1. The largest absolute Gasteiger partial charge is 0.508 e. The van der Waals surface area contributed by atoms with Crippen molar-refractivity contribution in [3.8, 4) is 28.7 Å². The average Bonchev–Trinajstić information content (AvgIpc) is 0.763. The zero-order valence-electron chi connectivity index (χ0n) is 52.1. The van der Waals surface area contributed by atoms with E-state index >= 15 is 0 Å². The van der Waals surface area contributed by atoms with Gasteiger partial charge in [-0.2, -0.15) is 0 Å². The number of carbonyl (C=O) groups excluding carboxylic acids is 1. The molecule has 490 valence electrons. The molecule has 0 fully saturated rings. The van der Waals surface area contributed by atoms with Crippen molar-refractivity contribution in [1.82, 2.24) is 0 Å². The van der Waals surface area contributed by atoms with Crippen molar-refractivity contribution < 1.29 is 81.2 Å². The van der Waals surface area contributed by atoms with E-state index in [1.54, 1.807) is 139 Å². The number of esters is 1. The summed E-state index contributed by atoms with van der Waals surface area (Å²) in [5, 5.41) is 64.5. The number of fused-ring (bicyclic) bond motifs is 13. The summed E-state index contributed by atoms with van der Waals surface area (Å²) in [5.74, 6) is 1.35. The lowest BCUT2D eigenvalue weighted by molar-refractivity contribution is -0.116. The van der Waals surface area contributed by atoms with Crippen LogP contribution in [0.5, 0.6) is 28.7 Å². The van der Waals surface area contributed by atoms with Crippen LogP contribution in [0.2, 0.25) is 5.02 Å². The van der Waals surface area contributed by atoms with Gasteiger partial charge >= 0.3 is 34.1 Å². The molecule has 6 aromatic carbocycles. The van der Waals surface area contributed by atoms with Gasteiger partial charge in [0.15, 0.2) is 6.10 Å². The predicted octanol–water partition coefficient (Wildman–Crippen LogP) is 11.1. The molecule has 9 heterocycles. The molecule has 22 nitrogen and oxygen atoms in total. The summed E-state index contributed by atoms with van der Waals surface area (Å²) in [4.78, 5) is 69.2. The number of phenolic OH excluding ortho intramolecular Hbond substituents is 1. The number of hydrogen-bond acceptors (Lipinski definition) is 22. The zero-order valence-corrected chi connectivity index (χ0v) is 52.9. The first-order valence-electron chi connectivity index (χ1n) is 29.7. The number of benzene rings is 6. The lowest BCUT2D eigenvalue weighted by Crippen LogP contribution is -2.50. The number of aliphatic hydroxyl groups is 5. The maximum Gasteiger partial charge on any atom is 0.340 e. The second-order valence-electron chi connectivity index (χ2n) is 24.8. The van der Waals surface area contributed by atoms with Crippen molar-refractivity contribution in [2.45, 2.75) is 114 Å². The van der Waals surface area contributed by atoms with Crippen molar-refractivity contribution in [1.29, 1.82) is 0 Å². The van der Waals surface area contributed by atoms with E-state index in [1.165, 1.54) is 42.5 Å². The second kappa shape index (κ2) is 25.5. The molecule has 11 aromatic rings. The van der Waals surface area contributed by atoms with Crippen LogP contribution in [0.25, 0.3) is 60.9 Å². The molecule has 0 aliphatic carbocycles. The third-order valence-corrected chi connectivity index (χ3v) is 16.5. The second-order valence-corrected chi connectivity index (χ2v) is 25.2. The molecular weight excluding hydrogens is 1250 g/mol. The van der Waals surface area contributed by atoms with Crippen LogP contribution in [0.1, 0.15) is 106 Å². The van der Waals surface area contributed by atoms with E-state index in [0.717, 1.165) is 22.1 Å². The quantitative estimate of drug-likeness (QED) is 0.0692. The number of rotatable bonds is 2. The van der Waals surface area contributed by atoms with Crippen LogP contribution in [-0.2, 0) is 4.74 Å². The maximum absolute atomic E-state index is 12.8. The minimum atomic E-state index is -1.21. The van der Waals surface area contributed by atoms with Gasteiger partial charge in [0, 0.05) is 63.3 Å². The minimum absolute atomic E-state index is 0.0943. The number of aliphatic hydroxyl groups excluding tert-OH is 5. The third-order valence-electron chi connectivity index (χ3n) is 16.1. The average molecular weight is 1320 g/mol. The number of phenols is 1. The van der Waals surface area contributed by atoms with E-state index in [2.05, 4.69) is 0 Å². The Morgan fingerprint density at radius 2 is 0.811 bits per heavy atom. The Hall–Kier alpha value is -10.3. The van der Waals surface area contributed by atoms with Crippen LogP contribution in [0.4, 0.5) is 0 Å². The first-order chi connectivity index (χ1) is 44.9. The van der Waals surface area contributed by atoms with Crippen molar-refractivity contribution in [2.24, 2.45) is 0 Å². The van der Waals surface area contributed by atoms with Crippen LogP contribution < -0.4 is 47.1 Å². The van der Waals surface area contributed by atoms with Gasteiger partial charge in [-0.05, 0) is 171 Å². The Bertz CT molecular complexity index is 5020. The highest BCUT2D eigenvalue weighted by atomic mass is 35.5. The summed E-state index contributed by atoms with van der Waals surface area (Å²) in [6, 6.07) is 40.2. The summed E-state index contributed by atoms with van der Waals surface area (Å²) in [6.07, 6.45) is -2.93. The van der Waals surface area contributed by atoms with Gasteiger partial charge in [-0.1, -0.05) is 23.7 Å². The lowest BCUT2D eigenvalue weighted by Gasteiger charge is -2.41. The number of carbonyl (C=O) groups is 1. The van der Waals surface area contributed by atoms with Crippen LogP contribution in [0.15, 0.2) is 204 Å². The SMILES string of the molecule is CC1(C)C=Cc2c(ccc3ccc(=O)oc23)O1.CC1(C)Oc2ccc3ccc(=O)oc3c2C(O)C1O.CC1(C)Oc2ccc3ccc(=O)oc3c2C(O)C1O.CC1(C)Oc2ccc3ccc(=O)oc3c2C(OC(=O)c2ccccc2Cl)C1O.O=c1ccc2ccc(O)cc2o1. The monoisotopic (exact) mass is 1310 g/mol. The van der Waals surface area contributed by atoms with Crippen LogP contribution in [-0.4, -0.2) is 77.3 Å². The molecule has 6 atom stereocenters. The number of ether oxygens (including phenoxy) is 5. The summed E-state index contributed by atoms with van der Waals surface area (Å²) >= 11 is 6.10. The summed E-state index contributed by atoms with van der Waals surface area (Å²) in [7, 11) is 0. The Kier molecular flexibility index (Phi) is 17.8. The van der Waals surface area contributed by atoms with E-state index in [9.17, 15) is 54.3 Å². The molecule has 6 unspecified atom stereocenters. The molecule has 0 amide bonds. The minimum Gasteiger partial charge on any atom is -0.508 e. The third kappa shape index (κ3) is 13.6. The van der Waals surface area contributed by atoms with Gasteiger partial charge in [0.25, 0.3) is 0 Å². The fraction of sp³-hybridized carbons (Fsp3) is 0.250. The molecular formula is C72H63ClO22. The van der Waals surface area contributed by atoms with Gasteiger partial charge in [-0.15, -0.1) is 0 Å². The Morgan fingerprint density at radius 3 is 1.29 bits per heavy atom. The molecule has 0 spiro atoms. The van der Waals surface area contributed by atoms with E-state index in [4.69, 9.17) is 62.5 Å². The van der Waals surface area contributed by atoms with Crippen molar-refractivity contribution in [3.63, 3.8) is 0 Å². The summed E-state index contributed by atoms with van der Waals surface area (Å²) < 4.78 is 54.4. The van der Waals surface area contributed by atoms with E-state index in [-0.39, 0.29) is 44.3 Å². The molecule has 0 saturated carbocycles. The molecule has 0 bridgehead atoms. The molecule has 6 N–H and O–H groups in total. The molecule has 0 radical (unpaired) electrons. The lowest BCUT2D eigenvalue weighted by atomic mass is 9.87. The van der Waals surface area contributed by atoms with Gasteiger partial charge in [0.05, 0.1) is 32.8 Å². The smallest absolute Gasteiger partial charge is 0.340 e. The van der Waals surface area contributed by atoms with Crippen molar-refractivity contribution in [2.75, 3.05) is 0 Å². The van der Waals surface area contributed by atoms with Crippen LogP contribution in [0, 0.1) is 0 Å². The molecule has 95 heavy (non-hydrogen) atoms. The van der Waals surface area contributed by atoms with E-state index in [1.807, 2.05) is 38.1 Å². The highest BCUT2D eigenvalue weighted by Crippen LogP contribution is 2.47. The molecule has 23 heteroatoms. The van der Waals surface area contributed by atoms with Crippen LogP contribution in [0.3, 0.4) is 0 Å². The first kappa shape index (κ1) is 66.1. The number of halogens is 1. The highest BCUT2D eigenvalue weighted by Gasteiger charge is 2.48.